The topological polar surface area (TPSA) is 26.3 Å². The molecule has 0 saturated carbocycles. The lowest BCUT2D eigenvalue weighted by atomic mass is 10.1. The van der Waals surface area contributed by atoms with Gasteiger partial charge in [0.2, 0.25) is 0 Å². The minimum atomic E-state index is -0.141. The summed E-state index contributed by atoms with van der Waals surface area (Å²) in [4.78, 5) is 10.8. The second-order valence-electron chi connectivity index (χ2n) is 2.23. The van der Waals surface area contributed by atoms with Crippen molar-refractivity contribution in [3.05, 3.63) is 12.2 Å². The lowest BCUT2D eigenvalue weighted by Crippen LogP contribution is -2.11. The van der Waals surface area contributed by atoms with Crippen molar-refractivity contribution in [2.75, 3.05) is 7.11 Å². The maximum Gasteiger partial charge on any atom is 0.308 e. The van der Waals surface area contributed by atoms with Crippen LogP contribution in [0.4, 0.5) is 0 Å². The number of carbonyl (C=O) groups is 1. The fourth-order valence-electron chi connectivity index (χ4n) is 0.638. The van der Waals surface area contributed by atoms with Crippen molar-refractivity contribution in [2.45, 2.75) is 20.3 Å². The van der Waals surface area contributed by atoms with Gasteiger partial charge in [-0.05, 0) is 13.3 Å². The third-order valence-electron chi connectivity index (χ3n) is 1.33. The lowest BCUT2D eigenvalue weighted by molar-refractivity contribution is -0.144. The standard InChI is InChI=1S/C8H14O2/c1-4-5-6-7(2)8(9)10-3/h4-5,7H,6H2,1-3H3. The Kier molecular flexibility index (Phi) is 4.63. The summed E-state index contributed by atoms with van der Waals surface area (Å²) >= 11 is 0. The summed E-state index contributed by atoms with van der Waals surface area (Å²) < 4.78 is 4.54. The van der Waals surface area contributed by atoms with Crippen LogP contribution in [0.2, 0.25) is 0 Å². The van der Waals surface area contributed by atoms with Gasteiger partial charge in [0.25, 0.3) is 0 Å². The number of esters is 1. The molecule has 0 N–H and O–H groups in total. The summed E-state index contributed by atoms with van der Waals surface area (Å²) in [7, 11) is 1.41. The van der Waals surface area contributed by atoms with Crippen LogP contribution in [0.25, 0.3) is 0 Å². The van der Waals surface area contributed by atoms with E-state index in [9.17, 15) is 4.79 Å². The molecule has 0 fully saturated rings. The Balaban J connectivity index is 3.61. The summed E-state index contributed by atoms with van der Waals surface area (Å²) in [5.41, 5.74) is 0. The molecule has 0 bridgehead atoms. The van der Waals surface area contributed by atoms with Crippen molar-refractivity contribution in [1.82, 2.24) is 0 Å². The van der Waals surface area contributed by atoms with Crippen LogP contribution in [0.15, 0.2) is 12.2 Å². The molecule has 0 aromatic rings. The number of hydrogen-bond donors (Lipinski definition) is 0. The van der Waals surface area contributed by atoms with Crippen molar-refractivity contribution in [3.8, 4) is 0 Å². The van der Waals surface area contributed by atoms with Gasteiger partial charge >= 0.3 is 5.97 Å². The maximum atomic E-state index is 10.8. The van der Waals surface area contributed by atoms with Crippen molar-refractivity contribution in [2.24, 2.45) is 5.92 Å². The third-order valence-corrected chi connectivity index (χ3v) is 1.33. The van der Waals surface area contributed by atoms with Gasteiger partial charge in [-0.15, -0.1) is 0 Å². The Hall–Kier alpha value is -0.790. The molecule has 0 aromatic carbocycles. The van der Waals surface area contributed by atoms with Gasteiger partial charge in [-0.2, -0.15) is 0 Å². The summed E-state index contributed by atoms with van der Waals surface area (Å²) in [6.07, 6.45) is 4.66. The summed E-state index contributed by atoms with van der Waals surface area (Å²) in [6, 6.07) is 0. The summed E-state index contributed by atoms with van der Waals surface area (Å²) in [5.74, 6) is -0.153. The van der Waals surface area contributed by atoms with E-state index in [1.165, 1.54) is 7.11 Å². The Bertz CT molecular complexity index is 127. The molecule has 0 aliphatic carbocycles. The van der Waals surface area contributed by atoms with Gasteiger partial charge in [-0.25, -0.2) is 0 Å². The molecule has 0 spiro atoms. The number of ether oxygens (including phenoxy) is 1. The van der Waals surface area contributed by atoms with Crippen LogP contribution in [0.5, 0.6) is 0 Å². The highest BCUT2D eigenvalue weighted by atomic mass is 16.5. The van der Waals surface area contributed by atoms with E-state index >= 15 is 0 Å². The number of rotatable bonds is 3. The Morgan fingerprint density at radius 2 is 2.30 bits per heavy atom. The van der Waals surface area contributed by atoms with Gasteiger partial charge in [-0.3, -0.25) is 4.79 Å². The highest BCUT2D eigenvalue weighted by Crippen LogP contribution is 2.03. The van der Waals surface area contributed by atoms with E-state index in [1.807, 2.05) is 26.0 Å². The molecule has 2 heteroatoms. The van der Waals surface area contributed by atoms with Crippen LogP contribution in [-0.2, 0) is 9.53 Å². The van der Waals surface area contributed by atoms with Crippen LogP contribution in [-0.4, -0.2) is 13.1 Å². The first-order chi connectivity index (χ1) is 4.72. The highest BCUT2D eigenvalue weighted by molar-refractivity contribution is 5.71. The molecule has 0 aliphatic rings. The minimum Gasteiger partial charge on any atom is -0.469 e. The molecule has 1 unspecified atom stereocenters. The minimum absolute atomic E-state index is 0.0128. The first-order valence-electron chi connectivity index (χ1n) is 3.41. The molecule has 0 amide bonds. The first kappa shape index (κ1) is 9.21. The normalized spacial score (nSPS) is 13.5. The average molecular weight is 142 g/mol. The van der Waals surface area contributed by atoms with E-state index in [2.05, 4.69) is 4.74 Å². The second-order valence-corrected chi connectivity index (χ2v) is 2.23. The van der Waals surface area contributed by atoms with Gasteiger partial charge in [0.15, 0.2) is 0 Å². The van der Waals surface area contributed by atoms with Crippen LogP contribution in [0, 0.1) is 5.92 Å². The Morgan fingerprint density at radius 1 is 1.70 bits per heavy atom. The van der Waals surface area contributed by atoms with Gasteiger partial charge in [0, 0.05) is 0 Å². The van der Waals surface area contributed by atoms with Gasteiger partial charge in [0.05, 0.1) is 13.0 Å². The molecule has 0 aliphatic heterocycles. The molecule has 2 nitrogen and oxygen atoms in total. The smallest absolute Gasteiger partial charge is 0.308 e. The van der Waals surface area contributed by atoms with Gasteiger partial charge in [-0.1, -0.05) is 19.1 Å². The van der Waals surface area contributed by atoms with Crippen molar-refractivity contribution in [3.63, 3.8) is 0 Å². The predicted octanol–water partition coefficient (Wildman–Crippen LogP) is 1.76. The molecule has 0 heterocycles. The van der Waals surface area contributed by atoms with Crippen molar-refractivity contribution < 1.29 is 9.53 Å². The van der Waals surface area contributed by atoms with Gasteiger partial charge < -0.3 is 4.74 Å². The van der Waals surface area contributed by atoms with E-state index in [0.717, 1.165) is 6.42 Å². The number of allylic oxidation sites excluding steroid dienone is 2. The third kappa shape index (κ3) is 3.28. The number of carbonyl (C=O) groups excluding carboxylic acids is 1. The fourth-order valence-corrected chi connectivity index (χ4v) is 0.638. The molecule has 0 rings (SSSR count). The zero-order valence-electron chi connectivity index (χ0n) is 6.76. The van der Waals surface area contributed by atoms with Gasteiger partial charge in [0.1, 0.15) is 0 Å². The monoisotopic (exact) mass is 142 g/mol. The Labute approximate surface area is 61.9 Å². The lowest BCUT2D eigenvalue weighted by Gasteiger charge is -2.03. The summed E-state index contributed by atoms with van der Waals surface area (Å²) in [6.45, 7) is 3.79. The van der Waals surface area contributed by atoms with E-state index in [-0.39, 0.29) is 11.9 Å². The van der Waals surface area contributed by atoms with Crippen LogP contribution < -0.4 is 0 Å². The Morgan fingerprint density at radius 3 is 2.70 bits per heavy atom. The fraction of sp³-hybridized carbons (Fsp3) is 0.625. The molecular formula is C8H14O2. The van der Waals surface area contributed by atoms with E-state index < -0.39 is 0 Å². The van der Waals surface area contributed by atoms with Crippen molar-refractivity contribution in [1.29, 1.82) is 0 Å². The molecule has 1 atom stereocenters. The molecule has 0 saturated heterocycles. The van der Waals surface area contributed by atoms with Crippen molar-refractivity contribution >= 4 is 5.97 Å². The van der Waals surface area contributed by atoms with Crippen LogP contribution in [0.3, 0.4) is 0 Å². The van der Waals surface area contributed by atoms with E-state index in [1.54, 1.807) is 0 Å². The molecule has 0 radical (unpaired) electrons. The zero-order valence-corrected chi connectivity index (χ0v) is 6.76. The first-order valence-corrected chi connectivity index (χ1v) is 3.41. The maximum absolute atomic E-state index is 10.8. The SMILES string of the molecule is CC=CCC(C)C(=O)OC. The quantitative estimate of drug-likeness (QED) is 0.443. The number of hydrogen-bond acceptors (Lipinski definition) is 2. The number of methoxy groups -OCH3 is 1. The predicted molar refractivity (Wildman–Crippen MR) is 40.6 cm³/mol. The van der Waals surface area contributed by atoms with Crippen LogP contribution in [0.1, 0.15) is 20.3 Å². The highest BCUT2D eigenvalue weighted by Gasteiger charge is 2.09. The largest absolute Gasteiger partial charge is 0.469 e. The van der Waals surface area contributed by atoms with Crippen LogP contribution >= 0.6 is 0 Å². The second kappa shape index (κ2) is 5.03. The molecule has 58 valence electrons. The van der Waals surface area contributed by atoms with E-state index in [4.69, 9.17) is 0 Å². The molecule has 0 aromatic heterocycles. The average Bonchev–Trinajstić information content (AvgIpc) is 1.98. The molecular weight excluding hydrogens is 128 g/mol. The zero-order chi connectivity index (χ0) is 7.98. The summed E-state index contributed by atoms with van der Waals surface area (Å²) in [5, 5.41) is 0. The van der Waals surface area contributed by atoms with E-state index in [0.29, 0.717) is 0 Å². The molecule has 10 heavy (non-hydrogen) atoms.